The quantitative estimate of drug-likeness (QED) is 0.837. The molecule has 1 heterocycles. The molecule has 1 aromatic rings. The van der Waals surface area contributed by atoms with Gasteiger partial charge in [-0.2, -0.15) is 11.8 Å². The summed E-state index contributed by atoms with van der Waals surface area (Å²) in [5, 5.41) is 1.42. The van der Waals surface area contributed by atoms with Gasteiger partial charge >= 0.3 is 0 Å². The molecular weight excluding hydrogens is 272 g/mol. The number of rotatable bonds is 3. The lowest BCUT2D eigenvalue weighted by Gasteiger charge is -2.30. The predicted octanol–water partition coefficient (Wildman–Crippen LogP) is 4.04. The fourth-order valence-electron chi connectivity index (χ4n) is 2.44. The Hall–Kier alpha value is -0.410. The van der Waals surface area contributed by atoms with E-state index in [0.717, 1.165) is 5.75 Å². The zero-order valence-electron chi connectivity index (χ0n) is 12.1. The molecule has 0 aromatic heterocycles. The standard InChI is InChI=1S/C16H22OS2/c1-10-5-11(2)7-14(6-10)8-15(17)16-9-18-12(3)13(4)19-16/h5-7,12-13,16H,8-9H2,1-4H3. The van der Waals surface area contributed by atoms with Crippen molar-refractivity contribution in [3.8, 4) is 0 Å². The van der Waals surface area contributed by atoms with Crippen molar-refractivity contribution in [2.75, 3.05) is 5.75 Å². The molecule has 1 aliphatic heterocycles. The minimum absolute atomic E-state index is 0.178. The third-order valence-corrected chi connectivity index (χ3v) is 7.01. The van der Waals surface area contributed by atoms with Gasteiger partial charge in [-0.15, -0.1) is 11.8 Å². The van der Waals surface area contributed by atoms with Gasteiger partial charge in [-0.25, -0.2) is 0 Å². The molecule has 0 N–H and O–H groups in total. The second-order valence-electron chi connectivity index (χ2n) is 5.51. The number of carbonyl (C=O) groups is 1. The zero-order chi connectivity index (χ0) is 14.0. The topological polar surface area (TPSA) is 17.1 Å². The molecule has 1 aromatic carbocycles. The van der Waals surface area contributed by atoms with Crippen LogP contribution < -0.4 is 0 Å². The van der Waals surface area contributed by atoms with Gasteiger partial charge in [0.2, 0.25) is 0 Å². The van der Waals surface area contributed by atoms with Gasteiger partial charge in [-0.1, -0.05) is 43.2 Å². The molecule has 3 unspecified atom stereocenters. The van der Waals surface area contributed by atoms with Gasteiger partial charge in [-0.05, 0) is 19.4 Å². The summed E-state index contributed by atoms with van der Waals surface area (Å²) in [5.74, 6) is 1.36. The third-order valence-electron chi connectivity index (χ3n) is 3.57. The van der Waals surface area contributed by atoms with Crippen LogP contribution in [0.25, 0.3) is 0 Å². The highest BCUT2D eigenvalue weighted by molar-refractivity contribution is 8.08. The Labute approximate surface area is 124 Å². The Morgan fingerprint density at radius 1 is 1.16 bits per heavy atom. The first-order valence-corrected chi connectivity index (χ1v) is 8.82. The predicted molar refractivity (Wildman–Crippen MR) is 87.4 cm³/mol. The molecule has 19 heavy (non-hydrogen) atoms. The van der Waals surface area contributed by atoms with E-state index < -0.39 is 0 Å². The minimum atomic E-state index is 0.178. The fraction of sp³-hybridized carbons (Fsp3) is 0.562. The molecule has 0 aliphatic carbocycles. The van der Waals surface area contributed by atoms with Gasteiger partial charge in [0.15, 0.2) is 5.78 Å². The van der Waals surface area contributed by atoms with Crippen molar-refractivity contribution in [3.63, 3.8) is 0 Å². The summed E-state index contributed by atoms with van der Waals surface area (Å²) in [4.78, 5) is 12.4. The molecule has 2 rings (SSSR count). The SMILES string of the molecule is Cc1cc(C)cc(CC(=O)C2CSC(C)C(C)S2)c1. The Bertz CT molecular complexity index is 450. The van der Waals surface area contributed by atoms with E-state index in [0.29, 0.717) is 22.7 Å². The number of carbonyl (C=O) groups excluding carboxylic acids is 1. The van der Waals surface area contributed by atoms with Gasteiger partial charge in [0.05, 0.1) is 5.25 Å². The molecule has 0 radical (unpaired) electrons. The second-order valence-corrected chi connectivity index (χ2v) is 8.50. The van der Waals surface area contributed by atoms with Gasteiger partial charge in [0.1, 0.15) is 0 Å². The molecule has 0 bridgehead atoms. The van der Waals surface area contributed by atoms with Crippen LogP contribution in [0, 0.1) is 13.8 Å². The Morgan fingerprint density at radius 3 is 2.37 bits per heavy atom. The van der Waals surface area contributed by atoms with Crippen LogP contribution in [0.3, 0.4) is 0 Å². The molecule has 1 fully saturated rings. The van der Waals surface area contributed by atoms with E-state index in [4.69, 9.17) is 0 Å². The summed E-state index contributed by atoms with van der Waals surface area (Å²) in [5.41, 5.74) is 3.66. The van der Waals surface area contributed by atoms with Crippen molar-refractivity contribution in [2.45, 2.75) is 49.9 Å². The molecule has 0 amide bonds. The van der Waals surface area contributed by atoms with Crippen molar-refractivity contribution in [1.82, 2.24) is 0 Å². The maximum atomic E-state index is 12.4. The maximum Gasteiger partial charge on any atom is 0.151 e. The summed E-state index contributed by atoms with van der Waals surface area (Å²) in [6.45, 7) is 8.68. The van der Waals surface area contributed by atoms with E-state index in [9.17, 15) is 4.79 Å². The van der Waals surface area contributed by atoms with Gasteiger partial charge in [-0.3, -0.25) is 4.79 Å². The zero-order valence-corrected chi connectivity index (χ0v) is 13.7. The molecule has 1 aliphatic rings. The average Bonchev–Trinajstić information content (AvgIpc) is 2.31. The number of aryl methyl sites for hydroxylation is 2. The average molecular weight is 294 g/mol. The lowest BCUT2D eigenvalue weighted by molar-refractivity contribution is -0.117. The smallest absolute Gasteiger partial charge is 0.151 e. The van der Waals surface area contributed by atoms with E-state index >= 15 is 0 Å². The summed E-state index contributed by atoms with van der Waals surface area (Å²) in [6.07, 6.45) is 0.585. The number of thioether (sulfide) groups is 2. The molecule has 104 valence electrons. The molecule has 0 saturated carbocycles. The lowest BCUT2D eigenvalue weighted by Crippen LogP contribution is -2.32. The van der Waals surface area contributed by atoms with Crippen molar-refractivity contribution in [3.05, 3.63) is 34.9 Å². The highest BCUT2D eigenvalue weighted by atomic mass is 32.2. The highest BCUT2D eigenvalue weighted by Crippen LogP contribution is 2.36. The first kappa shape index (κ1) is 15.0. The molecule has 3 heteroatoms. The van der Waals surface area contributed by atoms with Crippen molar-refractivity contribution < 1.29 is 4.79 Å². The van der Waals surface area contributed by atoms with E-state index in [1.165, 1.54) is 16.7 Å². The second kappa shape index (κ2) is 6.36. The largest absolute Gasteiger partial charge is 0.298 e. The lowest BCUT2D eigenvalue weighted by atomic mass is 10.0. The Balaban J connectivity index is 2.01. The Morgan fingerprint density at radius 2 is 1.79 bits per heavy atom. The summed E-state index contributed by atoms with van der Waals surface area (Å²) in [7, 11) is 0. The van der Waals surface area contributed by atoms with Crippen molar-refractivity contribution in [2.24, 2.45) is 0 Å². The fourth-order valence-corrected chi connectivity index (χ4v) is 5.33. The van der Waals surface area contributed by atoms with Crippen LogP contribution in [-0.2, 0) is 11.2 Å². The molecule has 1 nitrogen and oxygen atoms in total. The number of hydrogen-bond acceptors (Lipinski definition) is 3. The monoisotopic (exact) mass is 294 g/mol. The number of benzene rings is 1. The van der Waals surface area contributed by atoms with Crippen LogP contribution in [0.2, 0.25) is 0 Å². The molecule has 3 atom stereocenters. The third kappa shape index (κ3) is 4.03. The van der Waals surface area contributed by atoms with E-state index in [2.05, 4.69) is 45.9 Å². The van der Waals surface area contributed by atoms with Crippen LogP contribution in [0.15, 0.2) is 18.2 Å². The first-order valence-electron chi connectivity index (χ1n) is 6.82. The molecule has 1 saturated heterocycles. The van der Waals surface area contributed by atoms with Crippen LogP contribution in [-0.4, -0.2) is 27.3 Å². The number of ketones is 1. The van der Waals surface area contributed by atoms with E-state index in [-0.39, 0.29) is 5.25 Å². The van der Waals surface area contributed by atoms with Gasteiger partial charge in [0.25, 0.3) is 0 Å². The van der Waals surface area contributed by atoms with Crippen LogP contribution in [0.4, 0.5) is 0 Å². The van der Waals surface area contributed by atoms with E-state index in [1.807, 2.05) is 23.5 Å². The van der Waals surface area contributed by atoms with Crippen molar-refractivity contribution in [1.29, 1.82) is 0 Å². The highest BCUT2D eigenvalue weighted by Gasteiger charge is 2.30. The van der Waals surface area contributed by atoms with Crippen LogP contribution >= 0.6 is 23.5 Å². The first-order chi connectivity index (χ1) is 8.95. The van der Waals surface area contributed by atoms with Crippen molar-refractivity contribution >= 4 is 29.3 Å². The van der Waals surface area contributed by atoms with Gasteiger partial charge in [0, 0.05) is 22.7 Å². The minimum Gasteiger partial charge on any atom is -0.298 e. The van der Waals surface area contributed by atoms with Crippen LogP contribution in [0.1, 0.15) is 30.5 Å². The normalized spacial score (nSPS) is 27.3. The number of Topliss-reactive ketones (excluding diaryl/α,β-unsaturated/α-hetero) is 1. The molecule has 0 spiro atoms. The number of hydrogen-bond donors (Lipinski definition) is 0. The summed E-state index contributed by atoms with van der Waals surface area (Å²) >= 11 is 3.80. The Kier molecular flexibility index (Phi) is 5.02. The van der Waals surface area contributed by atoms with E-state index in [1.54, 1.807) is 0 Å². The van der Waals surface area contributed by atoms with Crippen LogP contribution in [0.5, 0.6) is 0 Å². The summed E-state index contributed by atoms with van der Waals surface area (Å²) < 4.78 is 0. The van der Waals surface area contributed by atoms with Gasteiger partial charge < -0.3 is 0 Å². The molecular formula is C16H22OS2. The summed E-state index contributed by atoms with van der Waals surface area (Å²) in [6, 6.07) is 6.43. The maximum absolute atomic E-state index is 12.4.